The van der Waals surface area contributed by atoms with Crippen molar-refractivity contribution in [3.05, 3.63) is 30.1 Å². The second kappa shape index (κ2) is 5.38. The predicted octanol–water partition coefficient (Wildman–Crippen LogP) is -0.0588. The summed E-state index contributed by atoms with van der Waals surface area (Å²) in [6, 6.07) is 3.77. The molecule has 0 unspecified atom stereocenters. The van der Waals surface area contributed by atoms with Gasteiger partial charge in [0.25, 0.3) is 0 Å². The Labute approximate surface area is 102 Å². The lowest BCUT2D eigenvalue weighted by Crippen LogP contribution is -2.46. The molecule has 17 heavy (non-hydrogen) atoms. The number of likely N-dealkylation sites (N-methyl/N-ethyl adjacent to an activating group) is 1. The minimum Gasteiger partial charge on any atom is -0.304 e. The van der Waals surface area contributed by atoms with Crippen LogP contribution in [0.25, 0.3) is 0 Å². The molecule has 0 aromatic carbocycles. The lowest BCUT2D eigenvalue weighted by Gasteiger charge is -2.31. The summed E-state index contributed by atoms with van der Waals surface area (Å²) in [6.07, 6.45) is 3.83. The highest BCUT2D eigenvalue weighted by atomic mass is 16.1. The van der Waals surface area contributed by atoms with Gasteiger partial charge in [-0.3, -0.25) is 9.69 Å². The zero-order valence-electron chi connectivity index (χ0n) is 10.6. The molecule has 1 aliphatic heterocycles. The number of nitrogens with zero attached hydrogens (tertiary/aromatic N) is 3. The third kappa shape index (κ3) is 3.35. The quantitative estimate of drug-likeness (QED) is 0.542. The van der Waals surface area contributed by atoms with Crippen molar-refractivity contribution < 1.29 is 9.36 Å². The number of carbonyl (C=O) groups excluding carboxylic acids is 1. The Morgan fingerprint density at radius 1 is 1.24 bits per heavy atom. The standard InChI is InChI=1S/C13H20N3O/c1-14-5-3-12(4-6-14)13(17)11-16-9-7-15(2)8-10-16/h3-6H,7-11H2,1-2H3/q+1. The molecular formula is C13H20N3O+. The minimum absolute atomic E-state index is 0.218. The summed E-state index contributed by atoms with van der Waals surface area (Å²) in [7, 11) is 4.07. The normalized spacial score (nSPS) is 18.2. The van der Waals surface area contributed by atoms with Gasteiger partial charge in [0.05, 0.1) is 6.54 Å². The maximum Gasteiger partial charge on any atom is 0.177 e. The third-order valence-corrected chi connectivity index (χ3v) is 3.26. The van der Waals surface area contributed by atoms with E-state index in [1.807, 2.05) is 36.1 Å². The first kappa shape index (κ1) is 12.2. The number of aromatic nitrogens is 1. The number of Topliss-reactive ketones (excluding diaryl/α,β-unsaturated/α-hetero) is 1. The van der Waals surface area contributed by atoms with Crippen molar-refractivity contribution in [2.75, 3.05) is 39.8 Å². The Balaban J connectivity index is 1.91. The van der Waals surface area contributed by atoms with Crippen molar-refractivity contribution in [2.24, 2.45) is 7.05 Å². The smallest absolute Gasteiger partial charge is 0.177 e. The van der Waals surface area contributed by atoms with Gasteiger partial charge in [0, 0.05) is 43.9 Å². The van der Waals surface area contributed by atoms with Crippen molar-refractivity contribution in [3.63, 3.8) is 0 Å². The fraction of sp³-hybridized carbons (Fsp3) is 0.538. The Morgan fingerprint density at radius 2 is 1.82 bits per heavy atom. The second-order valence-corrected chi connectivity index (χ2v) is 4.75. The molecule has 92 valence electrons. The second-order valence-electron chi connectivity index (χ2n) is 4.75. The molecule has 0 N–H and O–H groups in total. The van der Waals surface area contributed by atoms with Crippen LogP contribution in [-0.2, 0) is 7.05 Å². The van der Waals surface area contributed by atoms with Crippen molar-refractivity contribution in [3.8, 4) is 0 Å². The maximum atomic E-state index is 12.0. The van der Waals surface area contributed by atoms with Gasteiger partial charge in [0.1, 0.15) is 7.05 Å². The molecule has 0 saturated carbocycles. The third-order valence-electron chi connectivity index (χ3n) is 3.26. The lowest BCUT2D eigenvalue weighted by molar-refractivity contribution is -0.671. The zero-order valence-corrected chi connectivity index (χ0v) is 10.6. The molecule has 0 aliphatic carbocycles. The summed E-state index contributed by atoms with van der Waals surface area (Å²) in [5.74, 6) is 0.218. The van der Waals surface area contributed by atoms with E-state index in [4.69, 9.17) is 0 Å². The number of carbonyl (C=O) groups is 1. The monoisotopic (exact) mass is 234 g/mol. The van der Waals surface area contributed by atoms with Crippen LogP contribution in [0.4, 0.5) is 0 Å². The molecule has 1 aliphatic rings. The number of rotatable bonds is 3. The molecule has 0 bridgehead atoms. The van der Waals surface area contributed by atoms with Crippen molar-refractivity contribution in [1.29, 1.82) is 0 Å². The Morgan fingerprint density at radius 3 is 2.41 bits per heavy atom. The van der Waals surface area contributed by atoms with Crippen LogP contribution in [0.1, 0.15) is 10.4 Å². The van der Waals surface area contributed by atoms with Crippen LogP contribution in [0.3, 0.4) is 0 Å². The Hall–Kier alpha value is -1.26. The van der Waals surface area contributed by atoms with Crippen molar-refractivity contribution in [2.45, 2.75) is 0 Å². The SMILES string of the molecule is CN1CCN(CC(=O)c2cc[n+](C)cc2)CC1. The number of pyridine rings is 1. The predicted molar refractivity (Wildman–Crippen MR) is 65.9 cm³/mol. The maximum absolute atomic E-state index is 12.0. The molecule has 1 aromatic heterocycles. The van der Waals surface area contributed by atoms with E-state index in [1.54, 1.807) is 0 Å². The summed E-state index contributed by atoms with van der Waals surface area (Å²) in [5.41, 5.74) is 0.807. The molecule has 2 rings (SSSR count). The molecule has 1 saturated heterocycles. The van der Waals surface area contributed by atoms with Crippen LogP contribution in [-0.4, -0.2) is 55.4 Å². The molecule has 1 aromatic rings. The van der Waals surface area contributed by atoms with E-state index in [1.165, 1.54) is 0 Å². The average molecular weight is 234 g/mol. The van der Waals surface area contributed by atoms with E-state index in [0.29, 0.717) is 6.54 Å². The number of piperazine rings is 1. The fourth-order valence-electron chi connectivity index (χ4n) is 1.99. The lowest BCUT2D eigenvalue weighted by atomic mass is 10.1. The van der Waals surface area contributed by atoms with E-state index in [9.17, 15) is 4.79 Å². The van der Waals surface area contributed by atoms with Crippen LogP contribution in [0.2, 0.25) is 0 Å². The molecule has 0 amide bonds. The summed E-state index contributed by atoms with van der Waals surface area (Å²) >= 11 is 0. The van der Waals surface area contributed by atoms with Crippen LogP contribution >= 0.6 is 0 Å². The van der Waals surface area contributed by atoms with Crippen LogP contribution in [0, 0.1) is 0 Å². The molecule has 4 heteroatoms. The van der Waals surface area contributed by atoms with E-state index in [2.05, 4.69) is 16.8 Å². The van der Waals surface area contributed by atoms with Gasteiger partial charge >= 0.3 is 0 Å². The van der Waals surface area contributed by atoms with Crippen LogP contribution in [0.15, 0.2) is 24.5 Å². The summed E-state index contributed by atoms with van der Waals surface area (Å²) in [6.45, 7) is 4.63. The first-order valence-electron chi connectivity index (χ1n) is 6.04. The highest BCUT2D eigenvalue weighted by Crippen LogP contribution is 2.03. The number of hydrogen-bond acceptors (Lipinski definition) is 3. The molecule has 4 nitrogen and oxygen atoms in total. The van der Waals surface area contributed by atoms with Gasteiger partial charge < -0.3 is 4.90 Å². The van der Waals surface area contributed by atoms with Gasteiger partial charge in [0.2, 0.25) is 0 Å². The number of ketones is 1. The first-order chi connectivity index (χ1) is 8.15. The molecule has 0 atom stereocenters. The highest BCUT2D eigenvalue weighted by Gasteiger charge is 2.17. The van der Waals surface area contributed by atoms with E-state index in [0.717, 1.165) is 31.7 Å². The molecule has 1 fully saturated rings. The summed E-state index contributed by atoms with van der Waals surface area (Å²) < 4.78 is 1.94. The highest BCUT2D eigenvalue weighted by molar-refractivity contribution is 5.97. The minimum atomic E-state index is 0.218. The Bertz CT molecular complexity index is 380. The molecule has 2 heterocycles. The van der Waals surface area contributed by atoms with Crippen LogP contribution < -0.4 is 4.57 Å². The van der Waals surface area contributed by atoms with E-state index in [-0.39, 0.29) is 5.78 Å². The largest absolute Gasteiger partial charge is 0.304 e. The average Bonchev–Trinajstić information content (AvgIpc) is 2.33. The van der Waals surface area contributed by atoms with Crippen LogP contribution in [0.5, 0.6) is 0 Å². The first-order valence-corrected chi connectivity index (χ1v) is 6.04. The molecule has 0 spiro atoms. The van der Waals surface area contributed by atoms with Gasteiger partial charge in [-0.05, 0) is 7.05 Å². The Kier molecular flexibility index (Phi) is 3.86. The van der Waals surface area contributed by atoms with Gasteiger partial charge in [-0.1, -0.05) is 0 Å². The molecule has 0 radical (unpaired) electrons. The summed E-state index contributed by atoms with van der Waals surface area (Å²) in [5, 5.41) is 0. The van der Waals surface area contributed by atoms with Gasteiger partial charge in [-0.15, -0.1) is 0 Å². The number of hydrogen-bond donors (Lipinski definition) is 0. The van der Waals surface area contributed by atoms with E-state index >= 15 is 0 Å². The fourth-order valence-corrected chi connectivity index (χ4v) is 1.99. The van der Waals surface area contributed by atoms with Gasteiger partial charge in [-0.25, -0.2) is 4.57 Å². The summed E-state index contributed by atoms with van der Waals surface area (Å²) in [4.78, 5) is 16.6. The topological polar surface area (TPSA) is 27.4 Å². The zero-order chi connectivity index (χ0) is 12.3. The molecular weight excluding hydrogens is 214 g/mol. The van der Waals surface area contributed by atoms with Gasteiger partial charge in [-0.2, -0.15) is 0 Å². The van der Waals surface area contributed by atoms with Gasteiger partial charge in [0.15, 0.2) is 18.2 Å². The van der Waals surface area contributed by atoms with E-state index < -0.39 is 0 Å². The number of aryl methyl sites for hydroxylation is 1. The van der Waals surface area contributed by atoms with Crippen molar-refractivity contribution >= 4 is 5.78 Å². The van der Waals surface area contributed by atoms with Crippen molar-refractivity contribution in [1.82, 2.24) is 9.80 Å².